The second-order valence-corrected chi connectivity index (χ2v) is 5.00. The zero-order valence-corrected chi connectivity index (χ0v) is 11.9. The average molecular weight is 287 g/mol. The fraction of sp³-hybridized carbons (Fsp3) is 0.667. The fourth-order valence-corrected chi connectivity index (χ4v) is 1.83. The first kappa shape index (κ1) is 13.4. The second kappa shape index (κ2) is 6.18. The highest BCUT2D eigenvalue weighted by Crippen LogP contribution is 2.27. The zero-order valence-electron chi connectivity index (χ0n) is 10.3. The lowest BCUT2D eigenvalue weighted by molar-refractivity contribution is 0.324. The van der Waals surface area contributed by atoms with E-state index in [0.29, 0.717) is 23.2 Å². The maximum absolute atomic E-state index is 5.42. The van der Waals surface area contributed by atoms with Gasteiger partial charge in [0.05, 0.1) is 12.3 Å². The third-order valence-electron chi connectivity index (χ3n) is 2.53. The molecule has 0 bridgehead atoms. The molecule has 0 aromatic carbocycles. The van der Waals surface area contributed by atoms with Crippen LogP contribution >= 0.6 is 15.9 Å². The van der Waals surface area contributed by atoms with Crippen molar-refractivity contribution in [2.75, 3.05) is 6.61 Å². The van der Waals surface area contributed by atoms with Gasteiger partial charge in [-0.05, 0) is 20.3 Å². The van der Waals surface area contributed by atoms with Crippen molar-refractivity contribution < 1.29 is 4.74 Å². The molecule has 0 aliphatic heterocycles. The lowest BCUT2D eigenvalue weighted by Crippen LogP contribution is -2.11. The van der Waals surface area contributed by atoms with E-state index in [-0.39, 0.29) is 0 Å². The molecule has 1 heterocycles. The molecule has 1 aromatic heterocycles. The van der Waals surface area contributed by atoms with E-state index >= 15 is 0 Å². The van der Waals surface area contributed by atoms with Crippen LogP contribution in [0.15, 0.2) is 6.07 Å². The number of rotatable bonds is 5. The van der Waals surface area contributed by atoms with Crippen molar-refractivity contribution in [1.29, 1.82) is 0 Å². The van der Waals surface area contributed by atoms with E-state index in [1.54, 1.807) is 0 Å². The molecule has 0 N–H and O–H groups in total. The number of aryl methyl sites for hydroxylation is 1. The van der Waals surface area contributed by atoms with Crippen LogP contribution in [-0.4, -0.2) is 21.4 Å². The maximum Gasteiger partial charge on any atom is 0.216 e. The topological polar surface area (TPSA) is 35.0 Å². The Hall–Kier alpha value is -0.640. The van der Waals surface area contributed by atoms with Crippen molar-refractivity contribution in [2.24, 2.45) is 0 Å². The number of halogens is 1. The van der Waals surface area contributed by atoms with Gasteiger partial charge in [0.2, 0.25) is 5.88 Å². The molecule has 0 saturated carbocycles. The molecular formula is C12H19BrN2O. The van der Waals surface area contributed by atoms with Crippen LogP contribution in [-0.2, 0) is 0 Å². The number of hydrogen-bond donors (Lipinski definition) is 0. The van der Waals surface area contributed by atoms with Gasteiger partial charge < -0.3 is 4.74 Å². The van der Waals surface area contributed by atoms with Crippen LogP contribution < -0.4 is 4.74 Å². The first-order valence-electron chi connectivity index (χ1n) is 5.70. The third kappa shape index (κ3) is 3.44. The molecule has 1 aromatic rings. The minimum Gasteiger partial charge on any atom is -0.478 e. The Bertz CT molecular complexity index is 344. The van der Waals surface area contributed by atoms with E-state index in [1.807, 2.05) is 19.9 Å². The standard InChI is InChI=1S/C12H19BrN2O/c1-5-10(13)8(3)11-7-12(16-6-2)15-9(4)14-11/h7-8,10H,5-6H2,1-4H3. The Balaban J connectivity index is 2.94. The van der Waals surface area contributed by atoms with Gasteiger partial charge in [0, 0.05) is 16.8 Å². The van der Waals surface area contributed by atoms with Crippen molar-refractivity contribution in [2.45, 2.75) is 44.9 Å². The molecule has 0 radical (unpaired) electrons. The van der Waals surface area contributed by atoms with Crippen LogP contribution in [0.2, 0.25) is 0 Å². The molecule has 4 heteroatoms. The van der Waals surface area contributed by atoms with Crippen molar-refractivity contribution in [3.63, 3.8) is 0 Å². The quantitative estimate of drug-likeness (QED) is 0.778. The monoisotopic (exact) mass is 286 g/mol. The molecule has 0 aliphatic rings. The van der Waals surface area contributed by atoms with Gasteiger partial charge in [-0.15, -0.1) is 0 Å². The number of aromatic nitrogens is 2. The number of alkyl halides is 1. The third-order valence-corrected chi connectivity index (χ3v) is 3.97. The summed E-state index contributed by atoms with van der Waals surface area (Å²) in [7, 11) is 0. The van der Waals surface area contributed by atoms with E-state index in [1.165, 1.54) is 0 Å². The SMILES string of the molecule is CCOc1cc(C(C)C(Br)CC)nc(C)n1. The smallest absolute Gasteiger partial charge is 0.216 e. The lowest BCUT2D eigenvalue weighted by Gasteiger charge is -2.17. The van der Waals surface area contributed by atoms with Crippen LogP contribution in [0, 0.1) is 6.92 Å². The van der Waals surface area contributed by atoms with Crippen molar-refractivity contribution >= 4 is 15.9 Å². The molecular weight excluding hydrogens is 268 g/mol. The summed E-state index contributed by atoms with van der Waals surface area (Å²) in [5, 5.41) is 0. The predicted octanol–water partition coefficient (Wildman–Crippen LogP) is 3.46. The summed E-state index contributed by atoms with van der Waals surface area (Å²) in [6.45, 7) is 8.82. The van der Waals surface area contributed by atoms with Gasteiger partial charge in [-0.1, -0.05) is 29.8 Å². The van der Waals surface area contributed by atoms with Crippen LogP contribution in [0.4, 0.5) is 0 Å². The molecule has 3 nitrogen and oxygen atoms in total. The van der Waals surface area contributed by atoms with Crippen molar-refractivity contribution in [1.82, 2.24) is 9.97 Å². The molecule has 90 valence electrons. The summed E-state index contributed by atoms with van der Waals surface area (Å²) < 4.78 is 5.42. The first-order chi connectivity index (χ1) is 7.58. The molecule has 0 spiro atoms. The maximum atomic E-state index is 5.42. The van der Waals surface area contributed by atoms with Gasteiger partial charge in [0.25, 0.3) is 0 Å². The minimum absolute atomic E-state index is 0.367. The molecule has 0 amide bonds. The molecule has 0 aliphatic carbocycles. The zero-order chi connectivity index (χ0) is 12.1. The highest BCUT2D eigenvalue weighted by Gasteiger charge is 2.17. The van der Waals surface area contributed by atoms with E-state index < -0.39 is 0 Å². The molecule has 1 rings (SSSR count). The predicted molar refractivity (Wildman–Crippen MR) is 69.4 cm³/mol. The highest BCUT2D eigenvalue weighted by molar-refractivity contribution is 9.09. The van der Waals surface area contributed by atoms with Crippen LogP contribution in [0.1, 0.15) is 44.6 Å². The Morgan fingerprint density at radius 2 is 2.06 bits per heavy atom. The molecule has 16 heavy (non-hydrogen) atoms. The Morgan fingerprint density at radius 3 is 2.62 bits per heavy atom. The summed E-state index contributed by atoms with van der Waals surface area (Å²) in [6, 6.07) is 1.94. The van der Waals surface area contributed by atoms with Crippen molar-refractivity contribution in [3.8, 4) is 5.88 Å². The van der Waals surface area contributed by atoms with Crippen molar-refractivity contribution in [3.05, 3.63) is 17.6 Å². The minimum atomic E-state index is 0.367. The number of hydrogen-bond acceptors (Lipinski definition) is 3. The summed E-state index contributed by atoms with van der Waals surface area (Å²) in [6.07, 6.45) is 1.08. The number of ether oxygens (including phenoxy) is 1. The molecule has 0 fully saturated rings. The largest absolute Gasteiger partial charge is 0.478 e. The molecule has 0 saturated heterocycles. The molecule has 2 atom stereocenters. The summed E-state index contributed by atoms with van der Waals surface area (Å²) in [5.41, 5.74) is 1.04. The van der Waals surface area contributed by atoms with Gasteiger partial charge >= 0.3 is 0 Å². The summed E-state index contributed by atoms with van der Waals surface area (Å²) >= 11 is 3.67. The van der Waals surface area contributed by atoms with Crippen LogP contribution in [0.5, 0.6) is 5.88 Å². The summed E-state index contributed by atoms with van der Waals surface area (Å²) in [5.74, 6) is 1.81. The summed E-state index contributed by atoms with van der Waals surface area (Å²) in [4.78, 5) is 9.15. The van der Waals surface area contributed by atoms with Crippen LogP contribution in [0.25, 0.3) is 0 Å². The van der Waals surface area contributed by atoms with Gasteiger partial charge in [-0.3, -0.25) is 0 Å². The highest BCUT2D eigenvalue weighted by atomic mass is 79.9. The van der Waals surface area contributed by atoms with Gasteiger partial charge in [0.15, 0.2) is 0 Å². The Kier molecular flexibility index (Phi) is 5.19. The number of nitrogens with zero attached hydrogens (tertiary/aromatic N) is 2. The van der Waals surface area contributed by atoms with E-state index in [4.69, 9.17) is 4.74 Å². The van der Waals surface area contributed by atoms with E-state index in [9.17, 15) is 0 Å². The molecule has 2 unspecified atom stereocenters. The Labute approximate surface area is 106 Å². The normalized spacial score (nSPS) is 14.6. The van der Waals surface area contributed by atoms with Crippen LogP contribution in [0.3, 0.4) is 0 Å². The van der Waals surface area contributed by atoms with Gasteiger partial charge in [-0.25, -0.2) is 4.98 Å². The fourth-order valence-electron chi connectivity index (χ4n) is 1.56. The van der Waals surface area contributed by atoms with E-state index in [0.717, 1.165) is 17.9 Å². The second-order valence-electron chi connectivity index (χ2n) is 3.82. The van der Waals surface area contributed by atoms with E-state index in [2.05, 4.69) is 39.7 Å². The lowest BCUT2D eigenvalue weighted by atomic mass is 10.0. The first-order valence-corrected chi connectivity index (χ1v) is 6.62. The average Bonchev–Trinajstić information content (AvgIpc) is 2.26. The van der Waals surface area contributed by atoms with Gasteiger partial charge in [0.1, 0.15) is 5.82 Å². The van der Waals surface area contributed by atoms with Gasteiger partial charge in [-0.2, -0.15) is 4.98 Å². The Morgan fingerprint density at radius 1 is 1.38 bits per heavy atom.